The van der Waals surface area contributed by atoms with E-state index < -0.39 is 5.97 Å². The van der Waals surface area contributed by atoms with Crippen molar-refractivity contribution in [1.29, 1.82) is 0 Å². The molecule has 1 aromatic rings. The van der Waals surface area contributed by atoms with Crippen LogP contribution in [-0.2, 0) is 4.74 Å². The summed E-state index contributed by atoms with van der Waals surface area (Å²) in [6.07, 6.45) is 1.03. The Morgan fingerprint density at radius 2 is 2.05 bits per heavy atom. The van der Waals surface area contributed by atoms with Crippen LogP contribution in [0.1, 0.15) is 54.3 Å². The van der Waals surface area contributed by atoms with Gasteiger partial charge in [-0.05, 0) is 19.3 Å². The summed E-state index contributed by atoms with van der Waals surface area (Å²) >= 11 is 1.25. The van der Waals surface area contributed by atoms with Crippen LogP contribution in [-0.4, -0.2) is 36.9 Å². The van der Waals surface area contributed by atoms with E-state index in [4.69, 9.17) is 4.74 Å². The van der Waals surface area contributed by atoms with E-state index in [1.54, 1.807) is 6.92 Å². The highest BCUT2D eigenvalue weighted by molar-refractivity contribution is 7.17. The van der Waals surface area contributed by atoms with E-state index in [-0.39, 0.29) is 18.1 Å². The molecule has 6 heteroatoms. The summed E-state index contributed by atoms with van der Waals surface area (Å²) in [5.74, 6) is -0.0965. The summed E-state index contributed by atoms with van der Waals surface area (Å²) in [5, 5.41) is 0.680. The quantitative estimate of drug-likeness (QED) is 0.572. The molecule has 1 aromatic heterocycles. The molecule has 0 unspecified atom stereocenters. The fourth-order valence-corrected chi connectivity index (χ4v) is 2.53. The van der Waals surface area contributed by atoms with Crippen molar-refractivity contribution in [3.63, 3.8) is 0 Å². The van der Waals surface area contributed by atoms with Gasteiger partial charge in [0.1, 0.15) is 4.88 Å². The van der Waals surface area contributed by atoms with Gasteiger partial charge in [-0.15, -0.1) is 0 Å². The zero-order valence-electron chi connectivity index (χ0n) is 12.7. The monoisotopic (exact) mass is 298 g/mol. The second-order valence-electron chi connectivity index (χ2n) is 5.05. The number of ketones is 1. The van der Waals surface area contributed by atoms with Crippen molar-refractivity contribution in [1.82, 2.24) is 4.98 Å². The molecule has 0 amide bonds. The second-order valence-corrected chi connectivity index (χ2v) is 6.03. The normalized spacial score (nSPS) is 10.7. The van der Waals surface area contributed by atoms with E-state index in [1.165, 1.54) is 18.3 Å². The molecule has 1 heterocycles. The van der Waals surface area contributed by atoms with Gasteiger partial charge in [0.2, 0.25) is 0 Å². The number of aromatic nitrogens is 1. The standard InChI is InChI=1S/C14H22N2O3S/c1-6-19-13(18)11-12(10(4)17)20-14(15-11)16(5)8-7-9(2)3/h9H,6-8H2,1-5H3. The Kier molecular flexibility index (Phi) is 6.13. The lowest BCUT2D eigenvalue weighted by atomic mass is 10.1. The van der Waals surface area contributed by atoms with E-state index in [2.05, 4.69) is 18.8 Å². The van der Waals surface area contributed by atoms with Crippen molar-refractivity contribution in [2.45, 2.75) is 34.1 Å². The molecule has 112 valence electrons. The predicted molar refractivity (Wildman–Crippen MR) is 80.8 cm³/mol. The number of hydrogen-bond acceptors (Lipinski definition) is 6. The summed E-state index contributed by atoms with van der Waals surface area (Å²) in [4.78, 5) is 30.1. The lowest BCUT2D eigenvalue weighted by Gasteiger charge is -2.16. The molecule has 20 heavy (non-hydrogen) atoms. The lowest BCUT2D eigenvalue weighted by molar-refractivity contribution is 0.0517. The molecule has 0 aliphatic carbocycles. The summed E-state index contributed by atoms with van der Waals surface area (Å²) in [6.45, 7) is 8.58. The Morgan fingerprint density at radius 1 is 1.40 bits per heavy atom. The highest BCUT2D eigenvalue weighted by atomic mass is 32.1. The zero-order chi connectivity index (χ0) is 15.3. The maximum Gasteiger partial charge on any atom is 0.358 e. The van der Waals surface area contributed by atoms with Gasteiger partial charge in [-0.25, -0.2) is 9.78 Å². The van der Waals surface area contributed by atoms with Gasteiger partial charge >= 0.3 is 5.97 Å². The molecule has 0 fully saturated rings. The van der Waals surface area contributed by atoms with Crippen molar-refractivity contribution in [3.8, 4) is 0 Å². The molecule has 0 saturated carbocycles. The minimum atomic E-state index is -0.530. The Hall–Kier alpha value is -1.43. The lowest BCUT2D eigenvalue weighted by Crippen LogP contribution is -2.20. The predicted octanol–water partition coefficient (Wildman–Crippen LogP) is 3.00. The molecule has 1 rings (SSSR count). The molecule has 5 nitrogen and oxygen atoms in total. The van der Waals surface area contributed by atoms with Crippen LogP contribution in [0.2, 0.25) is 0 Å². The summed E-state index contributed by atoms with van der Waals surface area (Å²) in [7, 11) is 1.92. The molecule has 0 spiro atoms. The van der Waals surface area contributed by atoms with Gasteiger partial charge in [0.15, 0.2) is 16.6 Å². The minimum absolute atomic E-state index is 0.135. The van der Waals surface area contributed by atoms with E-state index >= 15 is 0 Å². The number of hydrogen-bond donors (Lipinski definition) is 0. The van der Waals surface area contributed by atoms with E-state index in [9.17, 15) is 9.59 Å². The molecule has 0 aliphatic heterocycles. The van der Waals surface area contributed by atoms with Crippen molar-refractivity contribution >= 4 is 28.2 Å². The third-order valence-corrected chi connectivity index (χ3v) is 4.04. The number of ether oxygens (including phenoxy) is 1. The number of carbonyl (C=O) groups excluding carboxylic acids is 2. The zero-order valence-corrected chi connectivity index (χ0v) is 13.5. The van der Waals surface area contributed by atoms with Crippen molar-refractivity contribution in [2.75, 3.05) is 25.1 Å². The highest BCUT2D eigenvalue weighted by Gasteiger charge is 2.23. The van der Waals surface area contributed by atoms with Gasteiger partial charge in [-0.1, -0.05) is 25.2 Å². The second kappa shape index (κ2) is 7.38. The number of Topliss-reactive ketones (excluding diaryl/α,β-unsaturated/α-hetero) is 1. The maximum absolute atomic E-state index is 11.8. The summed E-state index contributed by atoms with van der Waals surface area (Å²) in [6, 6.07) is 0. The van der Waals surface area contributed by atoms with Crippen molar-refractivity contribution in [3.05, 3.63) is 10.6 Å². The van der Waals surface area contributed by atoms with Crippen LogP contribution >= 0.6 is 11.3 Å². The first-order valence-electron chi connectivity index (χ1n) is 6.76. The first-order valence-corrected chi connectivity index (χ1v) is 7.58. The van der Waals surface area contributed by atoms with Crippen LogP contribution in [0.3, 0.4) is 0 Å². The molecule has 0 aromatic carbocycles. The smallest absolute Gasteiger partial charge is 0.358 e. The average Bonchev–Trinajstić information content (AvgIpc) is 2.81. The molecule has 0 N–H and O–H groups in total. The Bertz CT molecular complexity index is 483. The largest absolute Gasteiger partial charge is 0.461 e. The Balaban J connectivity index is 2.96. The number of thiazole rings is 1. The molecule has 0 saturated heterocycles. The fraction of sp³-hybridized carbons (Fsp3) is 0.643. The van der Waals surface area contributed by atoms with E-state index in [0.717, 1.165) is 13.0 Å². The molecule has 0 aliphatic rings. The third-order valence-electron chi connectivity index (χ3n) is 2.77. The third kappa shape index (κ3) is 4.30. The van der Waals surface area contributed by atoms with Gasteiger partial charge < -0.3 is 9.64 Å². The number of nitrogens with zero attached hydrogens (tertiary/aromatic N) is 2. The van der Waals surface area contributed by atoms with Crippen LogP contribution in [0.4, 0.5) is 5.13 Å². The van der Waals surface area contributed by atoms with Crippen molar-refractivity contribution < 1.29 is 14.3 Å². The molecule has 0 radical (unpaired) electrons. The van der Waals surface area contributed by atoms with Gasteiger partial charge in [-0.2, -0.15) is 0 Å². The van der Waals surface area contributed by atoms with Gasteiger partial charge in [0.05, 0.1) is 6.61 Å². The maximum atomic E-state index is 11.8. The first kappa shape index (κ1) is 16.6. The number of esters is 1. The van der Waals surface area contributed by atoms with Crippen molar-refractivity contribution in [2.24, 2.45) is 5.92 Å². The van der Waals surface area contributed by atoms with Crippen LogP contribution in [0.25, 0.3) is 0 Å². The number of carbonyl (C=O) groups is 2. The fourth-order valence-electron chi connectivity index (χ4n) is 1.60. The highest BCUT2D eigenvalue weighted by Crippen LogP contribution is 2.27. The molecule has 0 atom stereocenters. The minimum Gasteiger partial charge on any atom is -0.461 e. The summed E-state index contributed by atoms with van der Waals surface area (Å²) in [5.41, 5.74) is 0.135. The van der Waals surface area contributed by atoms with Crippen LogP contribution in [0, 0.1) is 5.92 Å². The van der Waals surface area contributed by atoms with Gasteiger partial charge in [-0.3, -0.25) is 4.79 Å². The Labute approximate surface area is 124 Å². The number of anilines is 1. The van der Waals surface area contributed by atoms with Gasteiger partial charge in [0.25, 0.3) is 0 Å². The average molecular weight is 298 g/mol. The Morgan fingerprint density at radius 3 is 2.55 bits per heavy atom. The SMILES string of the molecule is CCOC(=O)c1nc(N(C)CCC(C)C)sc1C(C)=O. The first-order chi connectivity index (χ1) is 9.36. The van der Waals surface area contributed by atoms with Crippen LogP contribution < -0.4 is 4.90 Å². The molecular weight excluding hydrogens is 276 g/mol. The number of rotatable bonds is 7. The van der Waals surface area contributed by atoms with Crippen LogP contribution in [0.5, 0.6) is 0 Å². The molecule has 0 bridgehead atoms. The topological polar surface area (TPSA) is 59.5 Å². The van der Waals surface area contributed by atoms with Gasteiger partial charge in [0, 0.05) is 20.5 Å². The summed E-state index contributed by atoms with van der Waals surface area (Å²) < 4.78 is 4.94. The van der Waals surface area contributed by atoms with E-state index in [0.29, 0.717) is 15.9 Å². The van der Waals surface area contributed by atoms with Crippen LogP contribution in [0.15, 0.2) is 0 Å². The molecular formula is C14H22N2O3S. The van der Waals surface area contributed by atoms with E-state index in [1.807, 2.05) is 11.9 Å².